The molecular weight excluding hydrogens is 286 g/mol. The van der Waals surface area contributed by atoms with Crippen LogP contribution in [0, 0.1) is 0 Å². The van der Waals surface area contributed by atoms with Crippen LogP contribution in [-0.4, -0.2) is 20.3 Å². The molecule has 3 nitrogen and oxygen atoms in total. The van der Waals surface area contributed by atoms with Gasteiger partial charge in [-0.05, 0) is 55.3 Å². The van der Waals surface area contributed by atoms with Crippen LogP contribution in [0.3, 0.4) is 0 Å². The van der Waals surface area contributed by atoms with E-state index in [1.54, 1.807) is 14.2 Å². The molecule has 0 spiro atoms. The Hall–Kier alpha value is -2.16. The van der Waals surface area contributed by atoms with Crippen LogP contribution in [0.25, 0.3) is 0 Å². The molecule has 0 aliphatic carbocycles. The second-order valence-electron chi connectivity index (χ2n) is 5.82. The monoisotopic (exact) mass is 313 g/mol. The first kappa shape index (κ1) is 17.2. The van der Waals surface area contributed by atoms with Crippen LogP contribution < -0.4 is 14.4 Å². The van der Waals surface area contributed by atoms with Gasteiger partial charge in [-0.25, -0.2) is 0 Å². The van der Waals surface area contributed by atoms with Gasteiger partial charge in [0.05, 0.1) is 14.2 Å². The zero-order valence-electron chi connectivity index (χ0n) is 14.6. The third kappa shape index (κ3) is 4.65. The molecule has 23 heavy (non-hydrogen) atoms. The van der Waals surface area contributed by atoms with Gasteiger partial charge >= 0.3 is 0 Å². The molecule has 0 radical (unpaired) electrons. The van der Waals surface area contributed by atoms with Gasteiger partial charge in [-0.3, -0.25) is 0 Å². The summed E-state index contributed by atoms with van der Waals surface area (Å²) in [6, 6.07) is 17.1. The molecule has 0 N–H and O–H groups in total. The van der Waals surface area contributed by atoms with Crippen molar-refractivity contribution in [3.8, 4) is 11.5 Å². The van der Waals surface area contributed by atoms with Crippen molar-refractivity contribution in [1.29, 1.82) is 0 Å². The third-order valence-electron chi connectivity index (χ3n) is 4.13. The molecule has 0 aromatic heterocycles. The molecule has 2 aromatic carbocycles. The third-order valence-corrected chi connectivity index (χ3v) is 4.13. The molecular formula is C20H27NO2. The van der Waals surface area contributed by atoms with E-state index in [1.165, 1.54) is 17.7 Å². The predicted molar refractivity (Wildman–Crippen MR) is 96.5 cm³/mol. The Balaban J connectivity index is 2.25. The summed E-state index contributed by atoms with van der Waals surface area (Å²) in [5, 5.41) is 0. The zero-order chi connectivity index (χ0) is 16.7. The van der Waals surface area contributed by atoms with Crippen LogP contribution in [-0.2, 0) is 6.54 Å². The molecule has 0 saturated carbocycles. The molecule has 0 aliphatic heterocycles. The summed E-state index contributed by atoms with van der Waals surface area (Å²) in [6.07, 6.45) is 2.34. The maximum Gasteiger partial charge on any atom is 0.119 e. The van der Waals surface area contributed by atoms with E-state index in [1.807, 2.05) is 24.3 Å². The van der Waals surface area contributed by atoms with E-state index < -0.39 is 0 Å². The van der Waals surface area contributed by atoms with Crippen LogP contribution in [0.5, 0.6) is 11.5 Å². The lowest BCUT2D eigenvalue weighted by molar-refractivity contribution is 0.414. The molecule has 0 amide bonds. The molecule has 1 unspecified atom stereocenters. The molecule has 0 heterocycles. The highest BCUT2D eigenvalue weighted by Gasteiger charge is 2.15. The quantitative estimate of drug-likeness (QED) is 0.692. The van der Waals surface area contributed by atoms with Crippen molar-refractivity contribution in [3.05, 3.63) is 54.1 Å². The van der Waals surface area contributed by atoms with Crippen molar-refractivity contribution < 1.29 is 9.47 Å². The van der Waals surface area contributed by atoms with Gasteiger partial charge in [0.15, 0.2) is 0 Å². The Morgan fingerprint density at radius 3 is 2.26 bits per heavy atom. The average Bonchev–Trinajstić information content (AvgIpc) is 2.60. The summed E-state index contributed by atoms with van der Waals surface area (Å²) in [7, 11) is 3.41. The zero-order valence-corrected chi connectivity index (χ0v) is 14.6. The number of nitrogens with zero attached hydrogens (tertiary/aromatic N) is 1. The van der Waals surface area contributed by atoms with Crippen LogP contribution in [0.4, 0.5) is 5.69 Å². The fourth-order valence-electron chi connectivity index (χ4n) is 2.82. The van der Waals surface area contributed by atoms with Crippen molar-refractivity contribution in [2.24, 2.45) is 0 Å². The fraction of sp³-hybridized carbons (Fsp3) is 0.400. The van der Waals surface area contributed by atoms with Gasteiger partial charge in [-0.15, -0.1) is 0 Å². The summed E-state index contributed by atoms with van der Waals surface area (Å²) in [5.41, 5.74) is 2.47. The number of hydrogen-bond acceptors (Lipinski definition) is 3. The predicted octanol–water partition coefficient (Wildman–Crippen LogP) is 4.90. The van der Waals surface area contributed by atoms with E-state index in [9.17, 15) is 0 Å². The number of ether oxygens (including phenoxy) is 2. The van der Waals surface area contributed by atoms with Gasteiger partial charge in [0.25, 0.3) is 0 Å². The minimum absolute atomic E-state index is 0.472. The minimum Gasteiger partial charge on any atom is -0.497 e. The normalized spacial score (nSPS) is 11.8. The van der Waals surface area contributed by atoms with Crippen molar-refractivity contribution in [2.45, 2.75) is 39.3 Å². The second-order valence-corrected chi connectivity index (χ2v) is 5.82. The van der Waals surface area contributed by atoms with Gasteiger partial charge in [0.2, 0.25) is 0 Å². The average molecular weight is 313 g/mol. The Kier molecular flexibility index (Phi) is 6.33. The second kappa shape index (κ2) is 8.47. The van der Waals surface area contributed by atoms with E-state index in [0.29, 0.717) is 6.04 Å². The molecule has 0 aliphatic rings. The van der Waals surface area contributed by atoms with Crippen molar-refractivity contribution in [3.63, 3.8) is 0 Å². The van der Waals surface area contributed by atoms with Crippen LogP contribution in [0.2, 0.25) is 0 Å². The largest absolute Gasteiger partial charge is 0.497 e. The van der Waals surface area contributed by atoms with Crippen molar-refractivity contribution in [2.75, 3.05) is 19.1 Å². The van der Waals surface area contributed by atoms with E-state index >= 15 is 0 Å². The van der Waals surface area contributed by atoms with Crippen molar-refractivity contribution >= 4 is 5.69 Å². The lowest BCUT2D eigenvalue weighted by Crippen LogP contribution is -2.32. The summed E-state index contributed by atoms with van der Waals surface area (Å²) >= 11 is 0. The van der Waals surface area contributed by atoms with E-state index in [0.717, 1.165) is 24.5 Å². The van der Waals surface area contributed by atoms with Crippen LogP contribution >= 0.6 is 0 Å². The summed E-state index contributed by atoms with van der Waals surface area (Å²) in [5.74, 6) is 1.79. The van der Waals surface area contributed by atoms with Crippen molar-refractivity contribution in [1.82, 2.24) is 0 Å². The Morgan fingerprint density at radius 1 is 0.957 bits per heavy atom. The van der Waals surface area contributed by atoms with Crippen LogP contribution in [0.1, 0.15) is 32.3 Å². The molecule has 1 atom stereocenters. The summed E-state index contributed by atoms with van der Waals surface area (Å²) in [6.45, 7) is 5.38. The van der Waals surface area contributed by atoms with Gasteiger partial charge in [0, 0.05) is 18.3 Å². The Bertz CT molecular complexity index is 595. The highest BCUT2D eigenvalue weighted by Crippen LogP contribution is 2.25. The van der Waals surface area contributed by atoms with Gasteiger partial charge < -0.3 is 14.4 Å². The first-order valence-corrected chi connectivity index (χ1v) is 8.21. The number of benzene rings is 2. The molecule has 0 saturated heterocycles. The van der Waals surface area contributed by atoms with Gasteiger partial charge in [0.1, 0.15) is 11.5 Å². The van der Waals surface area contributed by atoms with E-state index in [4.69, 9.17) is 9.47 Å². The fourth-order valence-corrected chi connectivity index (χ4v) is 2.82. The Labute approximate surface area is 139 Å². The smallest absolute Gasteiger partial charge is 0.119 e. The molecule has 0 fully saturated rings. The molecule has 124 valence electrons. The van der Waals surface area contributed by atoms with Gasteiger partial charge in [-0.2, -0.15) is 0 Å². The van der Waals surface area contributed by atoms with E-state index in [-0.39, 0.29) is 0 Å². The highest BCUT2D eigenvalue weighted by molar-refractivity contribution is 5.50. The SMILES string of the molecule is CCCC(C)N(Cc1cccc(OC)c1)c1ccc(OC)cc1. The summed E-state index contributed by atoms with van der Waals surface area (Å²) in [4.78, 5) is 2.44. The van der Waals surface area contributed by atoms with Crippen LogP contribution in [0.15, 0.2) is 48.5 Å². The number of methoxy groups -OCH3 is 2. The molecule has 0 bridgehead atoms. The lowest BCUT2D eigenvalue weighted by atomic mass is 10.1. The highest BCUT2D eigenvalue weighted by atomic mass is 16.5. The van der Waals surface area contributed by atoms with E-state index in [2.05, 4.69) is 43.0 Å². The maximum absolute atomic E-state index is 5.35. The standard InChI is InChI=1S/C20H27NO2/c1-5-7-16(2)21(18-10-12-19(22-3)13-11-18)15-17-8-6-9-20(14-17)23-4/h6,8-14,16H,5,7,15H2,1-4H3. The number of rotatable bonds is 8. The molecule has 2 aromatic rings. The number of anilines is 1. The molecule has 2 rings (SSSR count). The first-order chi connectivity index (χ1) is 11.2. The minimum atomic E-state index is 0.472. The number of hydrogen-bond donors (Lipinski definition) is 0. The maximum atomic E-state index is 5.35. The van der Waals surface area contributed by atoms with Gasteiger partial charge in [-0.1, -0.05) is 25.5 Å². The summed E-state index contributed by atoms with van der Waals surface area (Å²) < 4.78 is 10.6. The first-order valence-electron chi connectivity index (χ1n) is 8.21. The Morgan fingerprint density at radius 2 is 1.65 bits per heavy atom. The lowest BCUT2D eigenvalue weighted by Gasteiger charge is -2.31. The topological polar surface area (TPSA) is 21.7 Å². The molecule has 3 heteroatoms.